The molecule has 0 fully saturated rings. The van der Waals surface area contributed by atoms with Gasteiger partial charge < -0.3 is 24.1 Å². The number of rotatable bonds is 11. The average molecular weight is 564 g/mol. The lowest BCUT2D eigenvalue weighted by atomic mass is 10.0. The molecule has 1 amide bonds. The summed E-state index contributed by atoms with van der Waals surface area (Å²) in [6, 6.07) is 18.0. The summed E-state index contributed by atoms with van der Waals surface area (Å²) in [7, 11) is 0. The van der Waals surface area contributed by atoms with Crippen LogP contribution in [0.1, 0.15) is 43.3 Å². The number of nitrogens with one attached hydrogen (secondary N) is 1. The van der Waals surface area contributed by atoms with Crippen LogP contribution in [-0.4, -0.2) is 38.4 Å². The van der Waals surface area contributed by atoms with E-state index in [2.05, 4.69) is 5.32 Å². The molecule has 0 bridgehead atoms. The number of aryl methyl sites for hydroxylation is 1. The number of furan rings is 1. The van der Waals surface area contributed by atoms with Gasteiger partial charge in [0.1, 0.15) is 17.4 Å². The number of fused-ring (bicyclic) bond motifs is 1. The van der Waals surface area contributed by atoms with Crippen molar-refractivity contribution in [2.24, 2.45) is 5.92 Å². The van der Waals surface area contributed by atoms with Crippen molar-refractivity contribution < 1.29 is 32.6 Å². The Kier molecular flexibility index (Phi) is 8.91. The van der Waals surface area contributed by atoms with Crippen LogP contribution in [0.15, 0.2) is 71.1 Å². The van der Waals surface area contributed by atoms with Gasteiger partial charge in [-0.25, -0.2) is 4.79 Å². The van der Waals surface area contributed by atoms with Gasteiger partial charge in [0.05, 0.1) is 12.0 Å². The molecule has 1 aromatic heterocycles. The van der Waals surface area contributed by atoms with Crippen LogP contribution in [0.25, 0.3) is 22.1 Å². The first kappa shape index (κ1) is 28.8. The molecule has 0 aliphatic rings. The Hall–Kier alpha value is -4.15. The molecule has 4 rings (SSSR count). The third-order valence-electron chi connectivity index (χ3n) is 6.48. The van der Waals surface area contributed by atoms with Crippen LogP contribution in [0, 0.1) is 12.8 Å². The minimum atomic E-state index is -2.76. The number of amides is 1. The van der Waals surface area contributed by atoms with Crippen LogP contribution in [0.2, 0.25) is 0 Å². The highest BCUT2D eigenvalue weighted by Crippen LogP contribution is 2.34. The summed E-state index contributed by atoms with van der Waals surface area (Å²) in [4.78, 5) is 24.8. The molecule has 2 N–H and O–H groups in total. The second kappa shape index (κ2) is 12.4. The fourth-order valence-corrected chi connectivity index (χ4v) is 5.36. The van der Waals surface area contributed by atoms with E-state index in [1.807, 2.05) is 38.1 Å². The zero-order chi connectivity index (χ0) is 29.0. The number of carboxylic acid groups (broad SMARTS) is 1. The van der Waals surface area contributed by atoms with Crippen LogP contribution in [0.5, 0.6) is 5.75 Å². The van der Waals surface area contributed by atoms with Crippen molar-refractivity contribution in [3.05, 3.63) is 78.1 Å². The number of aliphatic carboxylic acids is 1. The van der Waals surface area contributed by atoms with E-state index in [9.17, 15) is 23.5 Å². The number of carboxylic acids is 1. The predicted molar refractivity (Wildman–Crippen MR) is 154 cm³/mol. The fourth-order valence-electron chi connectivity index (χ4n) is 4.54. The van der Waals surface area contributed by atoms with Gasteiger partial charge in [-0.3, -0.25) is 13.3 Å². The standard InChI is InChI=1S/C30H32N2O7S/c1-5-17-38-24-7-6-8-25-26(24)19(4)28(39-25)29(33)31-22-13-9-20(10-14-22)21-11-15-23(16-12-21)32(40(36)37)27(18(2)3)30(34)35/h6-16,18,27H,5,17H2,1-4H3,(H,31,33)(H,34,35)(H,36,37)/p-1. The second-order valence-corrected chi connectivity index (χ2v) is 10.5. The molecule has 0 radical (unpaired) electrons. The van der Waals surface area contributed by atoms with E-state index in [1.165, 1.54) is 0 Å². The van der Waals surface area contributed by atoms with E-state index in [0.717, 1.165) is 27.2 Å². The van der Waals surface area contributed by atoms with Crippen molar-refractivity contribution in [3.8, 4) is 16.9 Å². The molecule has 0 saturated heterocycles. The lowest BCUT2D eigenvalue weighted by molar-refractivity contribution is -0.139. The number of hydrogen-bond acceptors (Lipinski definition) is 6. The highest BCUT2D eigenvalue weighted by Gasteiger charge is 2.30. The summed E-state index contributed by atoms with van der Waals surface area (Å²) < 4.78 is 36.3. The number of ether oxygens (including phenoxy) is 1. The zero-order valence-electron chi connectivity index (χ0n) is 22.7. The molecule has 2 atom stereocenters. The summed E-state index contributed by atoms with van der Waals surface area (Å²) in [5.74, 6) is -1.14. The lowest BCUT2D eigenvalue weighted by Gasteiger charge is -2.34. The van der Waals surface area contributed by atoms with Gasteiger partial charge in [-0.15, -0.1) is 0 Å². The number of nitrogens with zero attached hydrogens (tertiary/aromatic N) is 1. The molecule has 4 aromatic rings. The summed E-state index contributed by atoms with van der Waals surface area (Å²) in [5.41, 5.74) is 3.73. The van der Waals surface area contributed by atoms with Crippen molar-refractivity contribution >= 4 is 45.5 Å². The third kappa shape index (κ3) is 6.03. The van der Waals surface area contributed by atoms with E-state index >= 15 is 0 Å². The van der Waals surface area contributed by atoms with Gasteiger partial charge in [-0.1, -0.05) is 51.1 Å². The minimum absolute atomic E-state index is 0.212. The van der Waals surface area contributed by atoms with Crippen molar-refractivity contribution in [3.63, 3.8) is 0 Å². The molecule has 9 nitrogen and oxygen atoms in total. The molecule has 210 valence electrons. The quantitative estimate of drug-likeness (QED) is 0.209. The van der Waals surface area contributed by atoms with Crippen LogP contribution >= 0.6 is 0 Å². The van der Waals surface area contributed by atoms with Crippen molar-refractivity contribution in [2.45, 2.75) is 40.2 Å². The third-order valence-corrected chi connectivity index (χ3v) is 7.24. The number of anilines is 2. The molecule has 0 spiro atoms. The van der Waals surface area contributed by atoms with Crippen LogP contribution in [0.3, 0.4) is 0 Å². The average Bonchev–Trinajstić information content (AvgIpc) is 3.27. The maximum Gasteiger partial charge on any atom is 0.327 e. The maximum absolute atomic E-state index is 13.0. The smallest absolute Gasteiger partial charge is 0.327 e. The van der Waals surface area contributed by atoms with Gasteiger partial charge in [-0.05, 0) is 66.8 Å². The lowest BCUT2D eigenvalue weighted by Crippen LogP contribution is -2.45. The molecule has 0 saturated carbocycles. The highest BCUT2D eigenvalue weighted by molar-refractivity contribution is 7.80. The first-order chi connectivity index (χ1) is 19.1. The van der Waals surface area contributed by atoms with E-state index in [-0.39, 0.29) is 17.4 Å². The number of carbonyl (C=O) groups is 2. The number of hydrogen-bond donors (Lipinski definition) is 2. The maximum atomic E-state index is 13.0. The van der Waals surface area contributed by atoms with Crippen molar-refractivity contribution in [2.75, 3.05) is 16.2 Å². The van der Waals surface area contributed by atoms with Crippen LogP contribution < -0.4 is 14.4 Å². The van der Waals surface area contributed by atoms with Crippen molar-refractivity contribution in [1.29, 1.82) is 0 Å². The highest BCUT2D eigenvalue weighted by atomic mass is 32.2. The topological polar surface area (TPSA) is 132 Å². The van der Waals surface area contributed by atoms with E-state index in [0.29, 0.717) is 29.2 Å². The Balaban J connectivity index is 1.51. The van der Waals surface area contributed by atoms with Gasteiger partial charge in [0, 0.05) is 28.2 Å². The van der Waals surface area contributed by atoms with Gasteiger partial charge in [-0.2, -0.15) is 0 Å². The normalized spacial score (nSPS) is 12.8. The summed E-state index contributed by atoms with van der Waals surface area (Å²) in [5, 5.41) is 13.2. The Labute approximate surface area is 235 Å². The minimum Gasteiger partial charge on any atom is -0.755 e. The molecule has 1 heterocycles. The van der Waals surface area contributed by atoms with Gasteiger partial charge >= 0.3 is 5.97 Å². The fraction of sp³-hybridized carbons (Fsp3) is 0.267. The first-order valence-corrected chi connectivity index (χ1v) is 13.9. The van der Waals surface area contributed by atoms with E-state index in [4.69, 9.17) is 9.15 Å². The van der Waals surface area contributed by atoms with Gasteiger partial charge in [0.25, 0.3) is 5.91 Å². The molecule has 3 aromatic carbocycles. The summed E-state index contributed by atoms with van der Waals surface area (Å²) >= 11 is -2.76. The Morgan fingerprint density at radius 1 is 1.05 bits per heavy atom. The molecule has 0 aliphatic carbocycles. The summed E-state index contributed by atoms with van der Waals surface area (Å²) in [6.07, 6.45) is 0.865. The Morgan fingerprint density at radius 3 is 2.23 bits per heavy atom. The number of benzene rings is 3. The zero-order valence-corrected chi connectivity index (χ0v) is 23.5. The SMILES string of the molecule is CCCOc1cccc2oc(C(=O)Nc3ccc(-c4ccc(N(C(C(=O)O)C(C)C)S(=O)[O-])cc4)cc3)c(C)c12. The molecule has 0 aliphatic heterocycles. The van der Waals surface area contributed by atoms with E-state index < -0.39 is 29.2 Å². The van der Waals surface area contributed by atoms with Crippen LogP contribution in [-0.2, 0) is 16.1 Å². The molecule has 10 heteroatoms. The van der Waals surface area contributed by atoms with Gasteiger partial charge in [0.2, 0.25) is 0 Å². The van der Waals surface area contributed by atoms with E-state index in [1.54, 1.807) is 56.3 Å². The Bertz CT molecular complexity index is 1530. The largest absolute Gasteiger partial charge is 0.755 e. The Morgan fingerprint density at radius 2 is 1.68 bits per heavy atom. The van der Waals surface area contributed by atoms with Gasteiger partial charge in [0.15, 0.2) is 5.76 Å². The second-order valence-electron chi connectivity index (χ2n) is 9.68. The predicted octanol–water partition coefficient (Wildman–Crippen LogP) is 6.16. The first-order valence-electron chi connectivity index (χ1n) is 12.9. The molecule has 40 heavy (non-hydrogen) atoms. The monoisotopic (exact) mass is 563 g/mol. The number of carbonyl (C=O) groups excluding carboxylic acids is 1. The van der Waals surface area contributed by atoms with Crippen molar-refractivity contribution in [1.82, 2.24) is 0 Å². The summed E-state index contributed by atoms with van der Waals surface area (Å²) in [6.45, 7) is 7.73. The molecule has 2 unspecified atom stereocenters. The molecular weight excluding hydrogens is 532 g/mol. The molecular formula is C30H31N2O7S-. The van der Waals surface area contributed by atoms with Crippen LogP contribution in [0.4, 0.5) is 11.4 Å².